The second-order valence-corrected chi connectivity index (χ2v) is 10.2. The lowest BCUT2D eigenvalue weighted by Gasteiger charge is -2.26. The van der Waals surface area contributed by atoms with Crippen LogP contribution in [0.2, 0.25) is 0 Å². The van der Waals surface area contributed by atoms with E-state index in [-0.39, 0.29) is 23.1 Å². The quantitative estimate of drug-likeness (QED) is 0.171. The predicted molar refractivity (Wildman–Crippen MR) is 149 cm³/mol. The molecule has 0 atom stereocenters. The highest BCUT2D eigenvalue weighted by atomic mass is 16.3. The summed E-state index contributed by atoms with van der Waals surface area (Å²) in [6.07, 6.45) is 0. The number of benzene rings is 7. The van der Waals surface area contributed by atoms with Crippen LogP contribution >= 0.6 is 0 Å². The molecule has 0 bridgehead atoms. The van der Waals surface area contributed by atoms with Crippen LogP contribution in [0.15, 0.2) is 84.9 Å². The van der Waals surface area contributed by atoms with Crippen LogP contribution in [0, 0.1) is 0 Å². The Bertz CT molecular complexity index is 2130. The maximum absolute atomic E-state index is 13.6. The molecule has 0 saturated carbocycles. The van der Waals surface area contributed by atoms with E-state index < -0.39 is 0 Å². The van der Waals surface area contributed by atoms with Crippen molar-refractivity contribution in [2.24, 2.45) is 0 Å². The third-order valence-electron chi connectivity index (χ3n) is 8.48. The number of carbonyl (C=O) groups excluding carboxylic acids is 2. The summed E-state index contributed by atoms with van der Waals surface area (Å²) in [6, 6.07) is 25.9. The predicted octanol–water partition coefficient (Wildman–Crippen LogP) is 7.57. The Kier molecular flexibility index (Phi) is 3.33. The first kappa shape index (κ1) is 19.9. The van der Waals surface area contributed by atoms with E-state index in [4.69, 9.17) is 0 Å². The van der Waals surface area contributed by atoms with Gasteiger partial charge in [0.2, 0.25) is 0 Å². The van der Waals surface area contributed by atoms with Crippen molar-refractivity contribution in [1.29, 1.82) is 0 Å². The van der Waals surface area contributed by atoms with Crippen molar-refractivity contribution in [3.8, 4) is 33.8 Å². The molecule has 7 aromatic rings. The molecule has 0 heterocycles. The first-order valence-electron chi connectivity index (χ1n) is 12.5. The zero-order valence-electron chi connectivity index (χ0n) is 19.8. The van der Waals surface area contributed by atoms with Gasteiger partial charge in [0, 0.05) is 54.6 Å². The fourth-order valence-electron chi connectivity index (χ4n) is 6.98. The van der Waals surface area contributed by atoms with E-state index in [9.17, 15) is 19.8 Å². The second kappa shape index (κ2) is 6.36. The molecule has 4 nitrogen and oxygen atoms in total. The molecule has 0 fully saturated rings. The van der Waals surface area contributed by atoms with Gasteiger partial charge in [0.25, 0.3) is 0 Å². The molecule has 38 heavy (non-hydrogen) atoms. The van der Waals surface area contributed by atoms with Crippen molar-refractivity contribution < 1.29 is 19.8 Å². The van der Waals surface area contributed by atoms with Gasteiger partial charge in [-0.2, -0.15) is 0 Å². The Labute approximate surface area is 215 Å². The zero-order chi connectivity index (χ0) is 25.4. The minimum atomic E-state index is -0.0567. The Balaban J connectivity index is 1.58. The number of ketones is 2. The summed E-state index contributed by atoms with van der Waals surface area (Å²) in [7, 11) is 0. The van der Waals surface area contributed by atoms with Crippen LogP contribution < -0.4 is 0 Å². The summed E-state index contributed by atoms with van der Waals surface area (Å²) >= 11 is 0. The molecule has 4 heteroatoms. The minimum absolute atomic E-state index is 0.0271. The summed E-state index contributed by atoms with van der Waals surface area (Å²) in [4.78, 5) is 27.1. The molecule has 0 amide bonds. The van der Waals surface area contributed by atoms with Gasteiger partial charge in [0.1, 0.15) is 11.5 Å². The van der Waals surface area contributed by atoms with Crippen LogP contribution in [-0.4, -0.2) is 21.8 Å². The smallest absolute Gasteiger partial charge is 0.194 e. The van der Waals surface area contributed by atoms with E-state index in [1.165, 1.54) is 0 Å². The fourth-order valence-corrected chi connectivity index (χ4v) is 6.98. The average Bonchev–Trinajstić information content (AvgIpc) is 2.95. The van der Waals surface area contributed by atoms with Crippen LogP contribution in [0.3, 0.4) is 0 Å². The number of phenolic OH excluding ortho intramolecular Hbond substituents is 2. The molecule has 2 aliphatic rings. The van der Waals surface area contributed by atoms with Gasteiger partial charge in [0.05, 0.1) is 0 Å². The van der Waals surface area contributed by atoms with Crippen LogP contribution in [0.1, 0.15) is 31.8 Å². The lowest BCUT2D eigenvalue weighted by Crippen LogP contribution is -2.11. The maximum Gasteiger partial charge on any atom is 0.194 e. The lowest BCUT2D eigenvalue weighted by molar-refractivity contribution is 0.103. The van der Waals surface area contributed by atoms with Crippen molar-refractivity contribution in [2.45, 2.75) is 0 Å². The number of phenols is 2. The van der Waals surface area contributed by atoms with Crippen molar-refractivity contribution in [3.05, 3.63) is 107 Å². The molecular weight excluding hydrogens is 472 g/mol. The molecule has 2 N–H and O–H groups in total. The van der Waals surface area contributed by atoms with E-state index in [1.54, 1.807) is 12.1 Å². The van der Waals surface area contributed by atoms with Crippen LogP contribution in [0.5, 0.6) is 11.5 Å². The largest absolute Gasteiger partial charge is 0.507 e. The van der Waals surface area contributed by atoms with E-state index in [1.807, 2.05) is 72.8 Å². The molecular formula is C34H16O4. The average molecular weight is 488 g/mol. The molecule has 0 spiro atoms. The van der Waals surface area contributed by atoms with Gasteiger partial charge < -0.3 is 10.2 Å². The number of hydrogen-bond acceptors (Lipinski definition) is 4. The van der Waals surface area contributed by atoms with Gasteiger partial charge >= 0.3 is 0 Å². The van der Waals surface area contributed by atoms with Crippen molar-refractivity contribution in [1.82, 2.24) is 0 Å². The van der Waals surface area contributed by atoms with E-state index in [2.05, 4.69) is 0 Å². The number of aromatic hydroxyl groups is 2. The second-order valence-electron chi connectivity index (χ2n) is 10.2. The Morgan fingerprint density at radius 1 is 0.368 bits per heavy atom. The summed E-state index contributed by atoms with van der Waals surface area (Å²) < 4.78 is 0. The van der Waals surface area contributed by atoms with Crippen molar-refractivity contribution in [3.63, 3.8) is 0 Å². The lowest BCUT2D eigenvalue weighted by atomic mass is 9.76. The summed E-state index contributed by atoms with van der Waals surface area (Å²) in [6.45, 7) is 0. The molecule has 176 valence electrons. The summed E-state index contributed by atoms with van der Waals surface area (Å²) in [5.74, 6) is -0.0593. The molecule has 0 aliphatic heterocycles. The number of carbonyl (C=O) groups is 2. The monoisotopic (exact) mass is 488 g/mol. The Hall–Kier alpha value is -5.22. The van der Waals surface area contributed by atoms with E-state index >= 15 is 0 Å². The van der Waals surface area contributed by atoms with Gasteiger partial charge in [-0.1, -0.05) is 60.7 Å². The topological polar surface area (TPSA) is 74.6 Å². The van der Waals surface area contributed by atoms with Crippen LogP contribution in [0.25, 0.3) is 65.3 Å². The third-order valence-corrected chi connectivity index (χ3v) is 8.48. The highest BCUT2D eigenvalue weighted by molar-refractivity contribution is 6.43. The molecule has 2 aliphatic carbocycles. The first-order valence-corrected chi connectivity index (χ1v) is 12.5. The maximum atomic E-state index is 13.6. The zero-order valence-corrected chi connectivity index (χ0v) is 19.8. The third kappa shape index (κ3) is 2.07. The van der Waals surface area contributed by atoms with Crippen molar-refractivity contribution in [2.75, 3.05) is 0 Å². The minimum Gasteiger partial charge on any atom is -0.507 e. The molecule has 0 saturated heterocycles. The van der Waals surface area contributed by atoms with Gasteiger partial charge in [-0.3, -0.25) is 9.59 Å². The van der Waals surface area contributed by atoms with E-state index in [0.29, 0.717) is 33.0 Å². The van der Waals surface area contributed by atoms with Gasteiger partial charge in [0.15, 0.2) is 11.6 Å². The highest BCUT2D eigenvalue weighted by Gasteiger charge is 2.32. The standard InChI is InChI=1S/C34H16O4/c35-25-13-23-15-5-1-3-7-19(15)33(37)21-11-9-17-18-10-12-22-28-24(16-6-2-4-8-20(16)34(22)38)14-26(36)32(30(18)28)31(25)29(17)27(21)23/h1-14,35-36H. The SMILES string of the molecule is O=C1c2ccccc2-c2cc(O)c3c4c(O)cc5c6c(ccc(c7ccc1c2c73)c64)C(=O)c1ccccc1-5. The van der Waals surface area contributed by atoms with Crippen LogP contribution in [0.4, 0.5) is 0 Å². The number of hydrogen-bond donors (Lipinski definition) is 2. The number of fused-ring (bicyclic) bond motifs is 6. The van der Waals surface area contributed by atoms with Crippen molar-refractivity contribution >= 4 is 54.7 Å². The normalized spacial score (nSPS) is 13.6. The van der Waals surface area contributed by atoms with Gasteiger partial charge in [-0.05, 0) is 57.3 Å². The first-order chi connectivity index (χ1) is 18.5. The summed E-state index contributed by atoms with van der Waals surface area (Å²) in [5.41, 5.74) is 5.54. The Morgan fingerprint density at radius 2 is 0.763 bits per heavy atom. The fraction of sp³-hybridized carbons (Fsp3) is 0. The highest BCUT2D eigenvalue weighted by Crippen LogP contribution is 2.54. The van der Waals surface area contributed by atoms with Gasteiger partial charge in [-0.15, -0.1) is 0 Å². The van der Waals surface area contributed by atoms with Crippen LogP contribution in [-0.2, 0) is 0 Å². The Morgan fingerprint density at radius 3 is 1.18 bits per heavy atom. The molecule has 0 radical (unpaired) electrons. The molecule has 7 aromatic carbocycles. The van der Waals surface area contributed by atoms with Gasteiger partial charge in [-0.25, -0.2) is 0 Å². The number of rotatable bonds is 0. The molecule has 0 unspecified atom stereocenters. The van der Waals surface area contributed by atoms with E-state index in [0.717, 1.165) is 54.6 Å². The molecule has 0 aromatic heterocycles. The molecule has 9 rings (SSSR count). The summed E-state index contributed by atoms with van der Waals surface area (Å²) in [5, 5.41) is 28.8.